The van der Waals surface area contributed by atoms with Gasteiger partial charge in [-0.15, -0.1) is 0 Å². The maximum atomic E-state index is 12.6. The fourth-order valence-electron chi connectivity index (χ4n) is 2.27. The molecule has 132 valence electrons. The molecule has 0 aliphatic carbocycles. The van der Waals surface area contributed by atoms with Crippen LogP contribution in [0, 0.1) is 17.8 Å². The van der Waals surface area contributed by atoms with Gasteiger partial charge in [-0.1, -0.05) is 55.4 Å². The third-order valence-corrected chi connectivity index (χ3v) is 2.78. The van der Waals surface area contributed by atoms with Crippen LogP contribution in [0.25, 0.3) is 0 Å². The first-order chi connectivity index (χ1) is 9.26. The van der Waals surface area contributed by atoms with E-state index in [0.717, 1.165) is 0 Å². The van der Waals surface area contributed by atoms with Crippen LogP contribution in [0.5, 0.6) is 0 Å². The van der Waals surface area contributed by atoms with Gasteiger partial charge < -0.3 is 5.11 Å². The van der Waals surface area contributed by atoms with E-state index < -0.39 is 35.7 Å². The van der Waals surface area contributed by atoms with Crippen molar-refractivity contribution in [1.82, 2.24) is 0 Å². The van der Waals surface area contributed by atoms with Crippen molar-refractivity contribution in [2.75, 3.05) is 0 Å². The molecule has 0 atom stereocenters. The Morgan fingerprint density at radius 1 is 0.619 bits per heavy atom. The zero-order valence-corrected chi connectivity index (χ0v) is 13.9. The summed E-state index contributed by atoms with van der Waals surface area (Å²) >= 11 is 0. The van der Waals surface area contributed by atoms with E-state index in [4.69, 9.17) is 0 Å². The Labute approximate surface area is 123 Å². The summed E-state index contributed by atoms with van der Waals surface area (Å²) in [6.45, 7) is 12.9. The molecule has 0 saturated heterocycles. The number of alkyl halides is 6. The Bertz CT molecular complexity index is 233. The Hall–Kier alpha value is -0.460. The van der Waals surface area contributed by atoms with E-state index in [1.165, 1.54) is 27.7 Å². The molecule has 0 spiro atoms. The van der Waals surface area contributed by atoms with Crippen LogP contribution in [0.2, 0.25) is 0 Å². The molecule has 0 aliphatic rings. The Morgan fingerprint density at radius 2 is 0.810 bits per heavy atom. The third-order valence-electron chi connectivity index (χ3n) is 2.78. The van der Waals surface area contributed by atoms with E-state index in [-0.39, 0.29) is 0 Å². The minimum Gasteiger partial charge on any atom is -0.373 e. The van der Waals surface area contributed by atoms with Crippen molar-refractivity contribution in [3.8, 4) is 0 Å². The van der Waals surface area contributed by atoms with Crippen molar-refractivity contribution >= 4 is 0 Å². The van der Waals surface area contributed by atoms with Crippen LogP contribution in [-0.4, -0.2) is 23.1 Å². The first-order valence-corrected chi connectivity index (χ1v) is 7.12. The number of aliphatic hydroxyl groups is 1. The minimum absolute atomic E-state index is 0.955. The monoisotopic (exact) mass is 326 g/mol. The van der Waals surface area contributed by atoms with Crippen LogP contribution in [0.4, 0.5) is 26.3 Å². The van der Waals surface area contributed by atoms with Crippen molar-refractivity contribution in [3.05, 3.63) is 0 Å². The van der Waals surface area contributed by atoms with Crippen molar-refractivity contribution in [1.29, 1.82) is 0 Å². The van der Waals surface area contributed by atoms with Crippen LogP contribution in [0.15, 0.2) is 0 Å². The highest BCUT2D eigenvalue weighted by atomic mass is 19.4. The highest BCUT2D eigenvalue weighted by molar-refractivity contribution is 5.01. The van der Waals surface area contributed by atoms with Gasteiger partial charge in [0.05, 0.1) is 0 Å². The molecule has 0 aliphatic heterocycles. The Morgan fingerprint density at radius 3 is 0.857 bits per heavy atom. The lowest BCUT2D eigenvalue weighted by atomic mass is 9.72. The first-order valence-electron chi connectivity index (χ1n) is 7.12. The number of hydrogen-bond donors (Lipinski definition) is 1. The van der Waals surface area contributed by atoms with Crippen molar-refractivity contribution in [2.24, 2.45) is 17.8 Å². The summed E-state index contributed by atoms with van der Waals surface area (Å²) < 4.78 is 75.6. The molecule has 0 heterocycles. The molecule has 7 heteroatoms. The van der Waals surface area contributed by atoms with Gasteiger partial charge in [0.25, 0.3) is 5.60 Å². The summed E-state index contributed by atoms with van der Waals surface area (Å²) in [5, 5.41) is 9.23. The maximum absolute atomic E-state index is 12.6. The normalized spacial score (nSPS) is 12.9. The molecule has 1 nitrogen and oxygen atoms in total. The molecule has 0 aromatic rings. The SMILES string of the molecule is CC.CC.CC(C)C(C(C)C)C(O)(C(F)(F)F)C(F)(F)F. The predicted octanol–water partition coefficient (Wildman–Crippen LogP) is 5.82. The van der Waals surface area contributed by atoms with Gasteiger partial charge >= 0.3 is 12.4 Å². The number of halogens is 6. The molecule has 0 radical (unpaired) electrons. The van der Waals surface area contributed by atoms with Gasteiger partial charge in [-0.25, -0.2) is 0 Å². The second-order valence-corrected chi connectivity index (χ2v) is 4.78. The van der Waals surface area contributed by atoms with E-state index in [9.17, 15) is 31.4 Å². The second kappa shape index (κ2) is 9.54. The molecule has 0 amide bonds. The van der Waals surface area contributed by atoms with E-state index in [1.807, 2.05) is 27.7 Å². The number of hydrogen-bond acceptors (Lipinski definition) is 1. The van der Waals surface area contributed by atoms with E-state index in [1.54, 1.807) is 0 Å². The van der Waals surface area contributed by atoms with Crippen LogP contribution in [0.1, 0.15) is 55.4 Å². The highest BCUT2D eigenvalue weighted by Gasteiger charge is 2.74. The summed E-state index contributed by atoms with van der Waals surface area (Å²) in [6, 6.07) is 0. The lowest BCUT2D eigenvalue weighted by molar-refractivity contribution is -0.392. The zero-order chi connectivity index (χ0) is 18.2. The van der Waals surface area contributed by atoms with Gasteiger partial charge in [-0.05, 0) is 11.8 Å². The average Bonchev–Trinajstić information content (AvgIpc) is 2.30. The standard InChI is InChI=1S/C10H16F6O.2C2H6/c1-5(2)7(6(3)4)8(17,9(11,12)13)10(14,15)16;2*1-2/h5-7,17H,1-4H3;2*1-2H3. The van der Waals surface area contributed by atoms with Gasteiger partial charge in [0, 0.05) is 5.92 Å². The molecule has 0 aromatic carbocycles. The lowest BCUT2D eigenvalue weighted by Crippen LogP contribution is -2.64. The predicted molar refractivity (Wildman–Crippen MR) is 72.9 cm³/mol. The molecule has 0 aromatic heterocycles. The summed E-state index contributed by atoms with van der Waals surface area (Å²) in [5.41, 5.74) is -4.66. The lowest BCUT2D eigenvalue weighted by Gasteiger charge is -2.42. The Kier molecular flexibility index (Phi) is 11.6. The molecule has 0 bridgehead atoms. The van der Waals surface area contributed by atoms with E-state index in [0.29, 0.717) is 0 Å². The van der Waals surface area contributed by atoms with Crippen LogP contribution < -0.4 is 0 Å². The molecule has 21 heavy (non-hydrogen) atoms. The maximum Gasteiger partial charge on any atom is 0.426 e. The summed E-state index contributed by atoms with van der Waals surface area (Å²) in [6.07, 6.45) is -11.5. The topological polar surface area (TPSA) is 20.2 Å². The van der Waals surface area contributed by atoms with E-state index >= 15 is 0 Å². The molecule has 0 unspecified atom stereocenters. The highest BCUT2D eigenvalue weighted by Crippen LogP contribution is 2.51. The van der Waals surface area contributed by atoms with Gasteiger partial charge in [-0.2, -0.15) is 26.3 Å². The smallest absolute Gasteiger partial charge is 0.373 e. The Balaban J connectivity index is -0.000000739. The fraction of sp³-hybridized carbons (Fsp3) is 1.00. The quantitative estimate of drug-likeness (QED) is 0.648. The molecule has 0 rings (SSSR count). The average molecular weight is 326 g/mol. The molecular weight excluding hydrogens is 298 g/mol. The molecule has 0 fully saturated rings. The van der Waals surface area contributed by atoms with Crippen LogP contribution in [-0.2, 0) is 0 Å². The van der Waals surface area contributed by atoms with Gasteiger partial charge in [-0.3, -0.25) is 0 Å². The third kappa shape index (κ3) is 6.04. The van der Waals surface area contributed by atoms with Crippen molar-refractivity contribution in [2.45, 2.75) is 73.3 Å². The van der Waals surface area contributed by atoms with Gasteiger partial charge in [0.1, 0.15) is 0 Å². The number of rotatable bonds is 3. The fourth-order valence-corrected chi connectivity index (χ4v) is 2.27. The summed E-state index contributed by atoms with van der Waals surface area (Å²) in [5.74, 6) is -3.85. The van der Waals surface area contributed by atoms with Crippen LogP contribution in [0.3, 0.4) is 0 Å². The van der Waals surface area contributed by atoms with Gasteiger partial charge in [0.2, 0.25) is 0 Å². The van der Waals surface area contributed by atoms with Crippen molar-refractivity contribution < 1.29 is 31.4 Å². The molecule has 0 saturated carbocycles. The molecular formula is C14H28F6O. The summed E-state index contributed by atoms with van der Waals surface area (Å²) in [4.78, 5) is 0. The second-order valence-electron chi connectivity index (χ2n) is 4.78. The minimum atomic E-state index is -5.75. The van der Waals surface area contributed by atoms with E-state index in [2.05, 4.69) is 0 Å². The molecule has 1 N–H and O–H groups in total. The van der Waals surface area contributed by atoms with Gasteiger partial charge in [0.15, 0.2) is 0 Å². The first kappa shape index (κ1) is 25.5. The van der Waals surface area contributed by atoms with Crippen molar-refractivity contribution in [3.63, 3.8) is 0 Å². The zero-order valence-electron chi connectivity index (χ0n) is 13.9. The summed E-state index contributed by atoms with van der Waals surface area (Å²) in [7, 11) is 0. The largest absolute Gasteiger partial charge is 0.426 e. The van der Waals surface area contributed by atoms with Crippen LogP contribution >= 0.6 is 0 Å².